The molecule has 0 aliphatic carbocycles. The van der Waals surface area contributed by atoms with Crippen molar-refractivity contribution in [2.45, 2.75) is 46.0 Å². The Morgan fingerprint density at radius 2 is 1.35 bits per heavy atom. The zero-order valence-corrected chi connectivity index (χ0v) is 13.8. The van der Waals surface area contributed by atoms with Crippen LogP contribution in [0.5, 0.6) is 0 Å². The molecule has 20 heavy (non-hydrogen) atoms. The molecular weight excluding hydrogens is 274 g/mol. The molecule has 5 heteroatoms. The van der Waals surface area contributed by atoms with Gasteiger partial charge in [0.15, 0.2) is 0 Å². The van der Waals surface area contributed by atoms with Gasteiger partial charge in [0.25, 0.3) is 0 Å². The minimum Gasteiger partial charge on any atom is -0.300 e. The second kappa shape index (κ2) is 12.1. The van der Waals surface area contributed by atoms with Crippen molar-refractivity contribution in [2.75, 3.05) is 31.6 Å². The van der Waals surface area contributed by atoms with E-state index < -0.39 is 0 Å². The molecule has 0 aliphatic rings. The molecule has 4 nitrogen and oxygen atoms in total. The summed E-state index contributed by atoms with van der Waals surface area (Å²) in [4.78, 5) is 36.5. The van der Waals surface area contributed by atoms with E-state index in [1.54, 1.807) is 11.8 Å². The lowest BCUT2D eigenvalue weighted by molar-refractivity contribution is -0.123. The summed E-state index contributed by atoms with van der Waals surface area (Å²) >= 11 is 1.65. The zero-order chi connectivity index (χ0) is 15.4. The molecule has 0 aromatic carbocycles. The monoisotopic (exact) mass is 301 g/mol. The largest absolute Gasteiger partial charge is 0.300 e. The Kier molecular flexibility index (Phi) is 11.7. The lowest BCUT2D eigenvalue weighted by Gasteiger charge is -2.20. The van der Waals surface area contributed by atoms with Crippen LogP contribution in [0.3, 0.4) is 0 Å². The van der Waals surface area contributed by atoms with E-state index in [-0.39, 0.29) is 17.3 Å². The molecule has 0 unspecified atom stereocenters. The van der Waals surface area contributed by atoms with Crippen LogP contribution in [0.25, 0.3) is 0 Å². The number of nitrogens with zero attached hydrogens (tertiary/aromatic N) is 1. The van der Waals surface area contributed by atoms with E-state index in [9.17, 15) is 14.4 Å². The Morgan fingerprint density at radius 3 is 1.75 bits per heavy atom. The van der Waals surface area contributed by atoms with Crippen LogP contribution >= 0.6 is 11.8 Å². The highest BCUT2D eigenvalue weighted by atomic mass is 32.2. The number of thioether (sulfide) groups is 1. The van der Waals surface area contributed by atoms with Gasteiger partial charge in [0.1, 0.15) is 17.3 Å². The van der Waals surface area contributed by atoms with Gasteiger partial charge in [-0.2, -0.15) is 11.8 Å². The molecule has 0 heterocycles. The van der Waals surface area contributed by atoms with Crippen LogP contribution in [0, 0.1) is 0 Å². The molecule has 0 aromatic heterocycles. The lowest BCUT2D eigenvalue weighted by Crippen LogP contribution is -2.33. The van der Waals surface area contributed by atoms with E-state index in [1.165, 1.54) is 0 Å². The van der Waals surface area contributed by atoms with Crippen molar-refractivity contribution in [2.24, 2.45) is 0 Å². The zero-order valence-electron chi connectivity index (χ0n) is 12.9. The predicted molar refractivity (Wildman–Crippen MR) is 84.3 cm³/mol. The SMILES string of the molecule is CCC(=O)CCN(CCC(=O)CC)CC(=O)CCSC. The predicted octanol–water partition coefficient (Wildman–Crippen LogP) is 2.35. The normalized spacial score (nSPS) is 10.8. The third kappa shape index (κ3) is 10.1. The summed E-state index contributed by atoms with van der Waals surface area (Å²) in [6.07, 6.45) is 4.52. The van der Waals surface area contributed by atoms with Gasteiger partial charge in [0, 0.05) is 45.2 Å². The number of hydrogen-bond donors (Lipinski definition) is 0. The molecule has 0 saturated carbocycles. The summed E-state index contributed by atoms with van der Waals surface area (Å²) in [5.41, 5.74) is 0. The molecule has 0 radical (unpaired) electrons. The van der Waals surface area contributed by atoms with Crippen LogP contribution in [0.2, 0.25) is 0 Å². The fourth-order valence-electron chi connectivity index (χ4n) is 1.73. The van der Waals surface area contributed by atoms with Crippen molar-refractivity contribution in [3.8, 4) is 0 Å². The quantitative estimate of drug-likeness (QED) is 0.523. The summed E-state index contributed by atoms with van der Waals surface area (Å²) in [6, 6.07) is 0. The van der Waals surface area contributed by atoms with Crippen molar-refractivity contribution in [1.82, 2.24) is 4.90 Å². The van der Waals surface area contributed by atoms with E-state index in [0.717, 1.165) is 5.75 Å². The molecule has 0 aromatic rings. The fourth-order valence-corrected chi connectivity index (χ4v) is 2.17. The first-order valence-corrected chi connectivity index (χ1v) is 8.69. The maximum absolute atomic E-state index is 11.8. The third-order valence-corrected chi connectivity index (χ3v) is 3.80. The Labute approximate surface area is 126 Å². The number of rotatable bonds is 13. The average Bonchev–Trinajstić information content (AvgIpc) is 2.46. The minimum absolute atomic E-state index is 0.187. The minimum atomic E-state index is 0.187. The van der Waals surface area contributed by atoms with Crippen LogP contribution in [0.1, 0.15) is 46.0 Å². The highest BCUT2D eigenvalue weighted by Gasteiger charge is 2.13. The van der Waals surface area contributed by atoms with Crippen molar-refractivity contribution < 1.29 is 14.4 Å². The van der Waals surface area contributed by atoms with Gasteiger partial charge in [-0.25, -0.2) is 0 Å². The van der Waals surface area contributed by atoms with Crippen LogP contribution < -0.4 is 0 Å². The van der Waals surface area contributed by atoms with Crippen molar-refractivity contribution in [1.29, 1.82) is 0 Å². The van der Waals surface area contributed by atoms with Crippen LogP contribution in [-0.2, 0) is 14.4 Å². The number of hydrogen-bond acceptors (Lipinski definition) is 5. The van der Waals surface area contributed by atoms with E-state index in [0.29, 0.717) is 51.7 Å². The smallest absolute Gasteiger partial charge is 0.147 e. The Morgan fingerprint density at radius 1 is 0.850 bits per heavy atom. The van der Waals surface area contributed by atoms with Gasteiger partial charge in [-0.15, -0.1) is 0 Å². The molecule has 0 N–H and O–H groups in total. The second-order valence-corrected chi connectivity index (χ2v) is 5.83. The van der Waals surface area contributed by atoms with Gasteiger partial charge in [-0.3, -0.25) is 19.3 Å². The summed E-state index contributed by atoms with van der Waals surface area (Å²) < 4.78 is 0. The molecule has 0 fully saturated rings. The standard InChI is InChI=1S/C15H27NO3S/c1-4-13(17)6-9-16(10-7-14(18)5-2)12-15(19)8-11-20-3/h4-12H2,1-3H3. The Hall–Kier alpha value is -0.680. The molecule has 0 saturated heterocycles. The van der Waals surface area contributed by atoms with Gasteiger partial charge in [0.05, 0.1) is 6.54 Å². The van der Waals surface area contributed by atoms with Crippen molar-refractivity contribution in [3.05, 3.63) is 0 Å². The summed E-state index contributed by atoms with van der Waals surface area (Å²) in [7, 11) is 0. The van der Waals surface area contributed by atoms with Gasteiger partial charge >= 0.3 is 0 Å². The third-order valence-electron chi connectivity index (χ3n) is 3.19. The maximum Gasteiger partial charge on any atom is 0.147 e. The molecular formula is C15H27NO3S. The Bertz CT molecular complexity index is 298. The molecule has 0 amide bonds. The first-order chi connectivity index (χ1) is 9.53. The molecule has 0 aliphatic heterocycles. The number of ketones is 3. The van der Waals surface area contributed by atoms with Crippen molar-refractivity contribution >= 4 is 29.1 Å². The van der Waals surface area contributed by atoms with E-state index >= 15 is 0 Å². The summed E-state index contributed by atoms with van der Waals surface area (Å²) in [5.74, 6) is 1.42. The van der Waals surface area contributed by atoms with Gasteiger partial charge < -0.3 is 0 Å². The van der Waals surface area contributed by atoms with E-state index in [4.69, 9.17) is 0 Å². The molecule has 116 valence electrons. The number of carbonyl (C=O) groups is 3. The lowest BCUT2D eigenvalue weighted by atomic mass is 10.1. The molecule has 0 spiro atoms. The summed E-state index contributed by atoms with van der Waals surface area (Å²) in [5, 5.41) is 0. The highest BCUT2D eigenvalue weighted by molar-refractivity contribution is 7.98. The topological polar surface area (TPSA) is 54.5 Å². The van der Waals surface area contributed by atoms with E-state index in [1.807, 2.05) is 25.0 Å². The summed E-state index contributed by atoms with van der Waals surface area (Å²) in [6.45, 7) is 5.20. The number of Topliss-reactive ketones (excluding diaryl/α,β-unsaturated/α-hetero) is 3. The fraction of sp³-hybridized carbons (Fsp3) is 0.800. The van der Waals surface area contributed by atoms with Gasteiger partial charge in [0.2, 0.25) is 0 Å². The van der Waals surface area contributed by atoms with E-state index in [2.05, 4.69) is 0 Å². The first kappa shape index (κ1) is 19.3. The van der Waals surface area contributed by atoms with Gasteiger partial charge in [-0.1, -0.05) is 13.8 Å². The Balaban J connectivity index is 4.26. The molecule has 0 atom stereocenters. The highest BCUT2D eigenvalue weighted by Crippen LogP contribution is 2.03. The molecule has 0 rings (SSSR count). The second-order valence-electron chi connectivity index (χ2n) is 4.84. The van der Waals surface area contributed by atoms with Crippen LogP contribution in [0.15, 0.2) is 0 Å². The van der Waals surface area contributed by atoms with Crippen LogP contribution in [-0.4, -0.2) is 53.9 Å². The van der Waals surface area contributed by atoms with Crippen molar-refractivity contribution in [3.63, 3.8) is 0 Å². The maximum atomic E-state index is 11.8. The first-order valence-electron chi connectivity index (χ1n) is 7.29. The van der Waals surface area contributed by atoms with Crippen LogP contribution in [0.4, 0.5) is 0 Å². The number of carbonyl (C=O) groups excluding carboxylic acids is 3. The van der Waals surface area contributed by atoms with Gasteiger partial charge in [-0.05, 0) is 12.0 Å². The molecule has 0 bridgehead atoms. The average molecular weight is 301 g/mol.